The third-order valence-corrected chi connectivity index (χ3v) is 4.06. The molecule has 0 bridgehead atoms. The largest absolute Gasteiger partial charge is 0.465 e. The van der Waals surface area contributed by atoms with E-state index in [9.17, 15) is 4.79 Å². The lowest BCUT2D eigenvalue weighted by atomic mass is 9.96. The number of likely N-dealkylation sites (N-methyl/N-ethyl adjacent to an activating group) is 1. The summed E-state index contributed by atoms with van der Waals surface area (Å²) in [6.45, 7) is 9.27. The second-order valence-corrected chi connectivity index (χ2v) is 5.88. The molecule has 0 aliphatic heterocycles. The van der Waals surface area contributed by atoms with Gasteiger partial charge in [-0.25, -0.2) is 0 Å². The highest BCUT2D eigenvalue weighted by Crippen LogP contribution is 2.17. The van der Waals surface area contributed by atoms with Crippen LogP contribution in [0.2, 0.25) is 0 Å². The van der Waals surface area contributed by atoms with Crippen molar-refractivity contribution in [2.24, 2.45) is 0 Å². The van der Waals surface area contributed by atoms with Gasteiger partial charge in [0.2, 0.25) is 0 Å². The molecular weight excluding hydrogens is 246 g/mol. The van der Waals surface area contributed by atoms with Gasteiger partial charge in [-0.15, -0.1) is 0 Å². The average Bonchev–Trinajstić information content (AvgIpc) is 2.34. The first-order valence-corrected chi connectivity index (χ1v) is 8.26. The molecule has 18 heavy (non-hydrogen) atoms. The average molecular weight is 275 g/mol. The minimum absolute atomic E-state index is 0.120. The normalized spacial score (nSPS) is 14.2. The van der Waals surface area contributed by atoms with Crippen molar-refractivity contribution < 1.29 is 9.53 Å². The zero-order chi connectivity index (χ0) is 13.9. The summed E-state index contributed by atoms with van der Waals surface area (Å²) in [5.74, 6) is 2.24. The molecule has 0 heterocycles. The van der Waals surface area contributed by atoms with Crippen molar-refractivity contribution in [3.05, 3.63) is 0 Å². The predicted molar refractivity (Wildman–Crippen MR) is 80.2 cm³/mol. The number of esters is 1. The predicted octanol–water partition coefficient (Wildman–Crippen LogP) is 3.23. The molecule has 0 aliphatic rings. The fourth-order valence-corrected chi connectivity index (χ4v) is 2.86. The van der Waals surface area contributed by atoms with Crippen LogP contribution < -0.4 is 5.32 Å². The topological polar surface area (TPSA) is 38.3 Å². The molecule has 0 fully saturated rings. The van der Waals surface area contributed by atoms with Gasteiger partial charge in [0.1, 0.15) is 5.54 Å². The van der Waals surface area contributed by atoms with Gasteiger partial charge in [0, 0.05) is 0 Å². The van der Waals surface area contributed by atoms with Gasteiger partial charge in [-0.05, 0) is 51.2 Å². The Morgan fingerprint density at radius 2 is 1.89 bits per heavy atom. The first-order chi connectivity index (χ1) is 8.60. The van der Waals surface area contributed by atoms with E-state index in [-0.39, 0.29) is 5.97 Å². The van der Waals surface area contributed by atoms with Gasteiger partial charge >= 0.3 is 5.97 Å². The molecule has 0 rings (SSSR count). The van der Waals surface area contributed by atoms with Crippen molar-refractivity contribution >= 4 is 17.7 Å². The first kappa shape index (κ1) is 17.8. The second kappa shape index (κ2) is 10.7. The van der Waals surface area contributed by atoms with Crippen LogP contribution in [0.5, 0.6) is 0 Å². The second-order valence-electron chi connectivity index (χ2n) is 4.65. The van der Waals surface area contributed by atoms with Crippen LogP contribution in [0.1, 0.15) is 53.4 Å². The van der Waals surface area contributed by atoms with E-state index in [1.54, 1.807) is 0 Å². The molecule has 0 aromatic heterocycles. The Bertz CT molecular complexity index is 224. The maximum absolute atomic E-state index is 11.9. The van der Waals surface area contributed by atoms with Crippen LogP contribution in [0.3, 0.4) is 0 Å². The van der Waals surface area contributed by atoms with Gasteiger partial charge in [0.05, 0.1) is 6.61 Å². The number of nitrogens with one attached hydrogen (secondary N) is 1. The molecule has 0 amide bonds. The number of carbonyl (C=O) groups is 1. The number of hydrogen-bond donors (Lipinski definition) is 1. The quantitative estimate of drug-likeness (QED) is 0.464. The van der Waals surface area contributed by atoms with Crippen LogP contribution >= 0.6 is 11.8 Å². The molecule has 108 valence electrons. The zero-order valence-corrected chi connectivity index (χ0v) is 13.2. The maximum Gasteiger partial charge on any atom is 0.326 e. The number of carbonyl (C=O) groups excluding carboxylic acids is 1. The zero-order valence-electron chi connectivity index (χ0n) is 12.4. The van der Waals surface area contributed by atoms with Crippen molar-refractivity contribution in [1.29, 1.82) is 0 Å². The highest BCUT2D eigenvalue weighted by Gasteiger charge is 2.32. The Balaban J connectivity index is 3.98. The van der Waals surface area contributed by atoms with Gasteiger partial charge in [0.15, 0.2) is 0 Å². The molecule has 1 atom stereocenters. The van der Waals surface area contributed by atoms with Crippen LogP contribution in [-0.4, -0.2) is 36.2 Å². The smallest absolute Gasteiger partial charge is 0.326 e. The molecule has 1 N–H and O–H groups in total. The molecule has 0 aliphatic carbocycles. The number of rotatable bonds is 11. The van der Waals surface area contributed by atoms with Crippen molar-refractivity contribution in [3.63, 3.8) is 0 Å². The van der Waals surface area contributed by atoms with Crippen LogP contribution in [0.25, 0.3) is 0 Å². The van der Waals surface area contributed by atoms with Crippen molar-refractivity contribution in [2.45, 2.75) is 58.9 Å². The number of thioether (sulfide) groups is 1. The number of ether oxygens (including phenoxy) is 1. The summed E-state index contributed by atoms with van der Waals surface area (Å²) in [6.07, 6.45) is 4.44. The monoisotopic (exact) mass is 275 g/mol. The number of unbranched alkanes of at least 4 members (excludes halogenated alkanes) is 1. The third kappa shape index (κ3) is 7.27. The van der Waals surface area contributed by atoms with Crippen LogP contribution in [0, 0.1) is 0 Å². The van der Waals surface area contributed by atoms with Crippen molar-refractivity contribution in [1.82, 2.24) is 5.32 Å². The third-order valence-electron chi connectivity index (χ3n) is 2.90. The summed E-state index contributed by atoms with van der Waals surface area (Å²) < 4.78 is 5.15. The summed E-state index contributed by atoms with van der Waals surface area (Å²) in [7, 11) is 0. The van der Waals surface area contributed by atoms with E-state index < -0.39 is 5.54 Å². The summed E-state index contributed by atoms with van der Waals surface area (Å²) in [4.78, 5) is 11.9. The molecule has 4 heteroatoms. The minimum atomic E-state index is -0.518. The maximum atomic E-state index is 11.9. The van der Waals surface area contributed by atoms with Gasteiger partial charge in [-0.2, -0.15) is 11.8 Å². The van der Waals surface area contributed by atoms with E-state index in [1.165, 1.54) is 18.6 Å². The lowest BCUT2D eigenvalue weighted by molar-refractivity contribution is -0.150. The Kier molecular flexibility index (Phi) is 10.5. The molecule has 0 aromatic carbocycles. The molecule has 0 spiro atoms. The molecule has 0 saturated carbocycles. The van der Waals surface area contributed by atoms with E-state index in [1.807, 2.05) is 32.5 Å². The molecule has 3 nitrogen and oxygen atoms in total. The van der Waals surface area contributed by atoms with Crippen LogP contribution in [0.15, 0.2) is 0 Å². The highest BCUT2D eigenvalue weighted by atomic mass is 32.2. The fraction of sp³-hybridized carbons (Fsp3) is 0.929. The lowest BCUT2D eigenvalue weighted by Gasteiger charge is -2.28. The molecular formula is C14H29NO2S. The van der Waals surface area contributed by atoms with Gasteiger partial charge < -0.3 is 10.1 Å². The summed E-state index contributed by atoms with van der Waals surface area (Å²) in [5, 5.41) is 3.26. The molecule has 0 saturated heterocycles. The summed E-state index contributed by atoms with van der Waals surface area (Å²) in [6, 6.07) is 0. The summed E-state index contributed by atoms with van der Waals surface area (Å²) >= 11 is 1.98. The van der Waals surface area contributed by atoms with Crippen LogP contribution in [-0.2, 0) is 9.53 Å². The highest BCUT2D eigenvalue weighted by molar-refractivity contribution is 7.99. The van der Waals surface area contributed by atoms with E-state index in [2.05, 4.69) is 12.2 Å². The van der Waals surface area contributed by atoms with E-state index in [0.717, 1.165) is 25.1 Å². The van der Waals surface area contributed by atoms with E-state index in [4.69, 9.17) is 4.74 Å². The standard InChI is InChI=1S/C14H29NO2S/c1-5-8-11-18-12-9-10-14(4,15-6-2)13(16)17-7-3/h15H,5-12H2,1-4H3. The van der Waals surface area contributed by atoms with Crippen molar-refractivity contribution in [3.8, 4) is 0 Å². The van der Waals surface area contributed by atoms with Gasteiger partial charge in [0.25, 0.3) is 0 Å². The van der Waals surface area contributed by atoms with Crippen molar-refractivity contribution in [2.75, 3.05) is 24.7 Å². The first-order valence-electron chi connectivity index (χ1n) is 7.10. The Hall–Kier alpha value is -0.220. The molecule has 1 unspecified atom stereocenters. The lowest BCUT2D eigenvalue weighted by Crippen LogP contribution is -2.50. The van der Waals surface area contributed by atoms with Gasteiger partial charge in [-0.1, -0.05) is 20.3 Å². The Labute approximate surface area is 116 Å². The SMILES string of the molecule is CCCCSCCCC(C)(NCC)C(=O)OCC. The fourth-order valence-electron chi connectivity index (χ4n) is 1.82. The molecule has 0 aromatic rings. The molecule has 0 radical (unpaired) electrons. The van der Waals surface area contributed by atoms with Gasteiger partial charge in [-0.3, -0.25) is 4.79 Å². The number of hydrogen-bond acceptors (Lipinski definition) is 4. The van der Waals surface area contributed by atoms with E-state index in [0.29, 0.717) is 6.61 Å². The Morgan fingerprint density at radius 1 is 1.22 bits per heavy atom. The Morgan fingerprint density at radius 3 is 2.44 bits per heavy atom. The van der Waals surface area contributed by atoms with E-state index >= 15 is 0 Å². The van der Waals surface area contributed by atoms with Crippen LogP contribution in [0.4, 0.5) is 0 Å². The summed E-state index contributed by atoms with van der Waals surface area (Å²) in [5.41, 5.74) is -0.518. The minimum Gasteiger partial charge on any atom is -0.465 e.